The number of non-ortho nitro benzene ring substituents is 1. The molecule has 0 spiro atoms. The summed E-state index contributed by atoms with van der Waals surface area (Å²) in [7, 11) is 0. The summed E-state index contributed by atoms with van der Waals surface area (Å²) in [5.41, 5.74) is 0.974. The molecule has 1 heterocycles. The fourth-order valence-corrected chi connectivity index (χ4v) is 2.94. The molecule has 2 aromatic carbocycles. The zero-order valence-corrected chi connectivity index (χ0v) is 14.8. The number of carbonyl (C=O) groups excluding carboxylic acids is 1. The predicted molar refractivity (Wildman–Crippen MR) is 98.8 cm³/mol. The molecule has 0 radical (unpaired) electrons. The van der Waals surface area contributed by atoms with E-state index in [9.17, 15) is 20.2 Å². The second kappa shape index (κ2) is 7.74. The smallest absolute Gasteiger partial charge is 0.271 e. The van der Waals surface area contributed by atoms with Crippen molar-refractivity contribution in [2.75, 3.05) is 31.1 Å². The number of ether oxygens (including phenoxy) is 1. The van der Waals surface area contributed by atoms with Crippen molar-refractivity contribution in [3.05, 3.63) is 58.1 Å². The van der Waals surface area contributed by atoms with E-state index in [4.69, 9.17) is 4.74 Å². The van der Waals surface area contributed by atoms with Crippen molar-refractivity contribution in [2.45, 2.75) is 6.92 Å². The Bertz CT molecular complexity index is 897. The molecule has 1 saturated heterocycles. The molecule has 1 aliphatic rings. The molecule has 1 fully saturated rings. The van der Waals surface area contributed by atoms with Gasteiger partial charge in [0.2, 0.25) is 5.91 Å². The molecule has 1 aliphatic heterocycles. The lowest BCUT2D eigenvalue weighted by Crippen LogP contribution is -2.48. The highest BCUT2D eigenvalue weighted by atomic mass is 16.6. The van der Waals surface area contributed by atoms with Crippen LogP contribution < -0.4 is 9.64 Å². The summed E-state index contributed by atoms with van der Waals surface area (Å²) < 4.78 is 5.71. The Morgan fingerprint density at radius 3 is 2.37 bits per heavy atom. The maximum Gasteiger partial charge on any atom is 0.271 e. The second-order valence-electron chi connectivity index (χ2n) is 6.14. The summed E-state index contributed by atoms with van der Waals surface area (Å²) in [5, 5.41) is 20.0. The summed E-state index contributed by atoms with van der Waals surface area (Å²) in [6.07, 6.45) is 0. The van der Waals surface area contributed by atoms with Gasteiger partial charge in [0.25, 0.3) is 5.69 Å². The molecule has 138 valence electrons. The van der Waals surface area contributed by atoms with Gasteiger partial charge in [-0.15, -0.1) is 0 Å². The number of amides is 1. The number of rotatable bonds is 4. The van der Waals surface area contributed by atoms with Gasteiger partial charge in [-0.2, -0.15) is 5.26 Å². The number of nitrogens with zero attached hydrogens (tertiary/aromatic N) is 4. The molecule has 0 bridgehead atoms. The van der Waals surface area contributed by atoms with E-state index in [1.165, 1.54) is 18.2 Å². The Labute approximate surface area is 156 Å². The fraction of sp³-hybridized carbons (Fsp3) is 0.263. The van der Waals surface area contributed by atoms with Crippen molar-refractivity contribution < 1.29 is 14.5 Å². The Hall–Kier alpha value is -3.60. The first-order valence-electron chi connectivity index (χ1n) is 8.45. The molecule has 27 heavy (non-hydrogen) atoms. The van der Waals surface area contributed by atoms with Crippen LogP contribution in [0.1, 0.15) is 12.5 Å². The van der Waals surface area contributed by atoms with Gasteiger partial charge in [0.05, 0.1) is 4.92 Å². The van der Waals surface area contributed by atoms with E-state index in [-0.39, 0.29) is 22.9 Å². The fourth-order valence-electron chi connectivity index (χ4n) is 2.94. The van der Waals surface area contributed by atoms with Crippen LogP contribution in [-0.4, -0.2) is 41.9 Å². The highest BCUT2D eigenvalue weighted by Crippen LogP contribution is 2.29. The average Bonchev–Trinajstić information content (AvgIpc) is 2.68. The van der Waals surface area contributed by atoms with Crippen LogP contribution in [0.25, 0.3) is 0 Å². The molecule has 1 amide bonds. The van der Waals surface area contributed by atoms with Crippen molar-refractivity contribution >= 4 is 17.3 Å². The van der Waals surface area contributed by atoms with Gasteiger partial charge >= 0.3 is 0 Å². The average molecular weight is 366 g/mol. The van der Waals surface area contributed by atoms with Crippen LogP contribution in [0, 0.1) is 21.4 Å². The maximum absolute atomic E-state index is 11.4. The molecule has 0 aromatic heterocycles. The van der Waals surface area contributed by atoms with Crippen molar-refractivity contribution in [3.63, 3.8) is 0 Å². The Kier molecular flexibility index (Phi) is 5.22. The third kappa shape index (κ3) is 4.15. The molecule has 0 aliphatic carbocycles. The second-order valence-corrected chi connectivity index (χ2v) is 6.14. The molecular weight excluding hydrogens is 348 g/mol. The van der Waals surface area contributed by atoms with Crippen LogP contribution >= 0.6 is 0 Å². The van der Waals surface area contributed by atoms with Crippen LogP contribution in [-0.2, 0) is 4.79 Å². The predicted octanol–water partition coefficient (Wildman–Crippen LogP) is 2.93. The molecular formula is C19H18N4O4. The molecule has 0 atom stereocenters. The first kappa shape index (κ1) is 18.2. The Morgan fingerprint density at radius 2 is 1.81 bits per heavy atom. The van der Waals surface area contributed by atoms with Gasteiger partial charge in [-0.05, 0) is 30.3 Å². The van der Waals surface area contributed by atoms with Gasteiger partial charge in [0, 0.05) is 50.9 Å². The molecule has 3 rings (SSSR count). The van der Waals surface area contributed by atoms with Crippen molar-refractivity contribution in [1.29, 1.82) is 5.26 Å². The third-order valence-electron chi connectivity index (χ3n) is 4.45. The van der Waals surface area contributed by atoms with Crippen LogP contribution in [0.3, 0.4) is 0 Å². The highest BCUT2D eigenvalue weighted by Gasteiger charge is 2.19. The number of benzene rings is 2. The van der Waals surface area contributed by atoms with E-state index < -0.39 is 4.92 Å². The van der Waals surface area contributed by atoms with Crippen molar-refractivity contribution in [1.82, 2.24) is 4.90 Å². The van der Waals surface area contributed by atoms with Crippen LogP contribution in [0.15, 0.2) is 42.5 Å². The molecule has 8 nitrogen and oxygen atoms in total. The third-order valence-corrected chi connectivity index (χ3v) is 4.45. The lowest BCUT2D eigenvalue weighted by atomic mass is 10.2. The Morgan fingerprint density at radius 1 is 1.15 bits per heavy atom. The van der Waals surface area contributed by atoms with Gasteiger partial charge in [-0.3, -0.25) is 14.9 Å². The van der Waals surface area contributed by atoms with Crippen molar-refractivity contribution in [2.24, 2.45) is 0 Å². The summed E-state index contributed by atoms with van der Waals surface area (Å²) in [4.78, 5) is 25.7. The minimum absolute atomic E-state index is 0.0924. The van der Waals surface area contributed by atoms with Crippen LogP contribution in [0.5, 0.6) is 11.5 Å². The summed E-state index contributed by atoms with van der Waals surface area (Å²) in [5.74, 6) is 0.896. The lowest BCUT2D eigenvalue weighted by molar-refractivity contribution is -0.384. The van der Waals surface area contributed by atoms with Gasteiger partial charge in [0.1, 0.15) is 23.1 Å². The SMILES string of the molecule is CC(=O)N1CCN(c2ccc(Oc3ccc([N+](=O)[O-])cc3C#N)cc2)CC1. The first-order chi connectivity index (χ1) is 13.0. The minimum atomic E-state index is -0.550. The highest BCUT2D eigenvalue weighted by molar-refractivity contribution is 5.73. The Balaban J connectivity index is 1.69. The number of hydrogen-bond acceptors (Lipinski definition) is 6. The zero-order chi connectivity index (χ0) is 19.4. The quantitative estimate of drug-likeness (QED) is 0.609. The van der Waals surface area contributed by atoms with E-state index in [0.29, 0.717) is 18.8 Å². The van der Waals surface area contributed by atoms with Crippen LogP contribution in [0.4, 0.5) is 11.4 Å². The molecule has 0 saturated carbocycles. The normalized spacial score (nSPS) is 13.8. The van der Waals surface area contributed by atoms with Gasteiger partial charge in [-0.25, -0.2) is 0 Å². The molecule has 2 aromatic rings. The number of nitro groups is 1. The largest absolute Gasteiger partial charge is 0.456 e. The summed E-state index contributed by atoms with van der Waals surface area (Å²) in [6.45, 7) is 4.50. The summed E-state index contributed by atoms with van der Waals surface area (Å²) in [6, 6.07) is 13.2. The molecule has 8 heteroatoms. The van der Waals surface area contributed by atoms with Crippen LogP contribution in [0.2, 0.25) is 0 Å². The van der Waals surface area contributed by atoms with E-state index in [1.54, 1.807) is 19.1 Å². The van der Waals surface area contributed by atoms with E-state index in [0.717, 1.165) is 18.8 Å². The standard InChI is InChI=1S/C19H18N4O4/c1-14(24)21-8-10-22(11-9-21)16-2-5-18(6-3-16)27-19-7-4-17(23(25)26)12-15(19)13-20/h2-7,12H,8-11H2,1H3. The minimum Gasteiger partial charge on any atom is -0.456 e. The topological polar surface area (TPSA) is 99.7 Å². The van der Waals surface area contributed by atoms with E-state index in [2.05, 4.69) is 4.90 Å². The maximum atomic E-state index is 11.4. The number of anilines is 1. The number of carbonyl (C=O) groups is 1. The first-order valence-corrected chi connectivity index (χ1v) is 8.45. The lowest BCUT2D eigenvalue weighted by Gasteiger charge is -2.35. The summed E-state index contributed by atoms with van der Waals surface area (Å²) >= 11 is 0. The number of piperazine rings is 1. The number of nitriles is 1. The monoisotopic (exact) mass is 366 g/mol. The van der Waals surface area contributed by atoms with E-state index >= 15 is 0 Å². The zero-order valence-electron chi connectivity index (χ0n) is 14.8. The van der Waals surface area contributed by atoms with Gasteiger partial charge < -0.3 is 14.5 Å². The van der Waals surface area contributed by atoms with E-state index in [1.807, 2.05) is 23.1 Å². The van der Waals surface area contributed by atoms with Gasteiger partial charge in [0.15, 0.2) is 0 Å². The number of nitro benzene ring substituents is 1. The molecule has 0 unspecified atom stereocenters. The van der Waals surface area contributed by atoms with Crippen molar-refractivity contribution in [3.8, 4) is 17.6 Å². The number of hydrogen-bond donors (Lipinski definition) is 0. The van der Waals surface area contributed by atoms with Gasteiger partial charge in [-0.1, -0.05) is 0 Å². The molecule has 0 N–H and O–H groups in total.